The largest absolute Gasteiger partial charge is 0.494 e. The average molecular weight is 533 g/mol. The van der Waals surface area contributed by atoms with E-state index in [1.165, 1.54) is 33.9 Å². The van der Waals surface area contributed by atoms with Crippen LogP contribution in [-0.2, 0) is 19.6 Å². The quantitative estimate of drug-likeness (QED) is 0.353. The molecule has 2 heterocycles. The van der Waals surface area contributed by atoms with Crippen LogP contribution in [0.3, 0.4) is 0 Å². The van der Waals surface area contributed by atoms with Crippen LogP contribution in [0.25, 0.3) is 16.3 Å². The number of carbonyl (C=O) groups is 1. The summed E-state index contributed by atoms with van der Waals surface area (Å²) in [7, 11) is -3.56. The van der Waals surface area contributed by atoms with E-state index in [9.17, 15) is 13.2 Å². The van der Waals surface area contributed by atoms with Crippen LogP contribution in [0.4, 0.5) is 5.13 Å². The molecule has 0 radical (unpaired) electrons. The number of thiazole rings is 1. The highest BCUT2D eigenvalue weighted by molar-refractivity contribution is 7.89. The normalized spacial score (nSPS) is 14.8. The predicted molar refractivity (Wildman–Crippen MR) is 140 cm³/mol. The molecule has 1 amide bonds. The molecule has 184 valence electrons. The molecule has 1 aliphatic rings. The summed E-state index contributed by atoms with van der Waals surface area (Å²) in [5.41, 5.74) is 1.48. The van der Waals surface area contributed by atoms with Gasteiger partial charge in [0.1, 0.15) is 5.75 Å². The smallest absolute Gasteiger partial charge is 0.250 e. The number of amides is 1. The molecule has 0 bridgehead atoms. The first-order valence-corrected chi connectivity index (χ1v) is 13.5. The van der Waals surface area contributed by atoms with Crippen LogP contribution >= 0.6 is 23.6 Å². The molecule has 0 atom stereocenters. The molecule has 0 aliphatic carbocycles. The number of ether oxygens (including phenoxy) is 2. The van der Waals surface area contributed by atoms with Crippen molar-refractivity contribution < 1.29 is 22.7 Å². The molecule has 0 unspecified atom stereocenters. The molecule has 0 saturated carbocycles. The van der Waals surface area contributed by atoms with E-state index in [1.807, 2.05) is 25.1 Å². The fourth-order valence-electron chi connectivity index (χ4n) is 3.36. The van der Waals surface area contributed by atoms with E-state index in [0.717, 1.165) is 16.0 Å². The summed E-state index contributed by atoms with van der Waals surface area (Å²) in [5.74, 6) is 0.343. The number of sulfonamides is 1. The topological polar surface area (TPSA) is 110 Å². The van der Waals surface area contributed by atoms with Gasteiger partial charge in [0.2, 0.25) is 15.9 Å². The van der Waals surface area contributed by atoms with Crippen molar-refractivity contribution in [3.63, 3.8) is 0 Å². The molecule has 1 saturated heterocycles. The Hall–Kier alpha value is -2.90. The number of benzene rings is 2. The van der Waals surface area contributed by atoms with Gasteiger partial charge in [-0.1, -0.05) is 23.5 Å². The SMILES string of the molecule is CCOc1ccc2nc(NC(=S)NC(=O)C=Cc3ccc(S(=O)(=O)N4CCOCC4)cc3)sc2c1. The summed E-state index contributed by atoms with van der Waals surface area (Å²) in [6.45, 7) is 3.95. The molecule has 3 aromatic rings. The average Bonchev–Trinajstić information content (AvgIpc) is 3.25. The number of fused-ring (bicyclic) bond motifs is 1. The lowest BCUT2D eigenvalue weighted by molar-refractivity contribution is -0.115. The van der Waals surface area contributed by atoms with Gasteiger partial charge in [0, 0.05) is 19.2 Å². The second-order valence-electron chi connectivity index (χ2n) is 7.44. The molecule has 9 nitrogen and oxygen atoms in total. The Morgan fingerprint density at radius 1 is 1.23 bits per heavy atom. The van der Waals surface area contributed by atoms with Crippen molar-refractivity contribution in [2.24, 2.45) is 0 Å². The van der Waals surface area contributed by atoms with Gasteiger partial charge in [-0.25, -0.2) is 13.4 Å². The lowest BCUT2D eigenvalue weighted by Crippen LogP contribution is -2.40. The van der Waals surface area contributed by atoms with Gasteiger partial charge in [-0.3, -0.25) is 10.1 Å². The number of anilines is 1. The number of carbonyl (C=O) groups excluding carboxylic acids is 1. The third-order valence-corrected chi connectivity index (χ3v) is 8.09. The maximum atomic E-state index is 12.7. The first-order chi connectivity index (χ1) is 16.8. The second kappa shape index (κ2) is 11.2. The number of hydrogen-bond acceptors (Lipinski definition) is 8. The van der Waals surface area contributed by atoms with Crippen molar-refractivity contribution in [1.29, 1.82) is 0 Å². The molecule has 0 spiro atoms. The maximum absolute atomic E-state index is 12.7. The molecule has 12 heteroatoms. The van der Waals surface area contributed by atoms with Crippen LogP contribution in [0.2, 0.25) is 0 Å². The molecule has 4 rings (SSSR count). The van der Waals surface area contributed by atoms with Gasteiger partial charge in [-0.15, -0.1) is 0 Å². The Balaban J connectivity index is 1.32. The summed E-state index contributed by atoms with van der Waals surface area (Å²) in [5, 5.41) is 6.17. The molecular weight excluding hydrogens is 508 g/mol. The van der Waals surface area contributed by atoms with Crippen molar-refractivity contribution in [3.05, 3.63) is 54.1 Å². The summed E-state index contributed by atoms with van der Waals surface area (Å²) in [4.78, 5) is 16.9. The third kappa shape index (κ3) is 6.41. The van der Waals surface area contributed by atoms with Gasteiger partial charge < -0.3 is 14.8 Å². The summed E-state index contributed by atoms with van der Waals surface area (Å²) in [6.07, 6.45) is 2.90. The van der Waals surface area contributed by atoms with Crippen molar-refractivity contribution in [2.45, 2.75) is 11.8 Å². The highest BCUT2D eigenvalue weighted by atomic mass is 32.2. The fraction of sp³-hybridized carbons (Fsp3) is 0.261. The van der Waals surface area contributed by atoms with E-state index in [-0.39, 0.29) is 10.0 Å². The van der Waals surface area contributed by atoms with Gasteiger partial charge in [-0.2, -0.15) is 4.31 Å². The number of nitrogens with one attached hydrogen (secondary N) is 2. The Morgan fingerprint density at radius 2 is 1.97 bits per heavy atom. The van der Waals surface area contributed by atoms with Gasteiger partial charge in [-0.05, 0) is 61.1 Å². The lowest BCUT2D eigenvalue weighted by Gasteiger charge is -2.26. The standard InChI is InChI=1S/C23H24N4O5S3/c1-2-32-17-6-9-19-20(15-17)34-23(24-19)26-22(33)25-21(28)10-5-16-3-7-18(8-4-16)35(29,30)27-11-13-31-14-12-27/h3-10,15H,2,11-14H2,1H3,(H2,24,25,26,28,33). The highest BCUT2D eigenvalue weighted by Crippen LogP contribution is 2.29. The Kier molecular flexibility index (Phi) is 8.08. The molecule has 35 heavy (non-hydrogen) atoms. The van der Waals surface area contributed by atoms with Gasteiger partial charge in [0.05, 0.1) is 34.9 Å². The van der Waals surface area contributed by atoms with E-state index < -0.39 is 15.9 Å². The summed E-state index contributed by atoms with van der Waals surface area (Å²) >= 11 is 6.62. The summed E-state index contributed by atoms with van der Waals surface area (Å²) in [6, 6.07) is 12.0. The lowest BCUT2D eigenvalue weighted by atomic mass is 10.2. The number of rotatable bonds is 7. The first-order valence-electron chi connectivity index (χ1n) is 10.9. The van der Waals surface area contributed by atoms with E-state index in [2.05, 4.69) is 15.6 Å². The molecule has 1 fully saturated rings. The first kappa shape index (κ1) is 25.2. The second-order valence-corrected chi connectivity index (χ2v) is 10.8. The Morgan fingerprint density at radius 3 is 2.69 bits per heavy atom. The zero-order valence-corrected chi connectivity index (χ0v) is 21.3. The van der Waals surface area contributed by atoms with Crippen LogP contribution in [0.5, 0.6) is 5.75 Å². The number of aromatic nitrogens is 1. The minimum atomic E-state index is -3.56. The van der Waals surface area contributed by atoms with Crippen LogP contribution in [-0.4, -0.2) is 61.6 Å². The van der Waals surface area contributed by atoms with Crippen LogP contribution in [0.1, 0.15) is 12.5 Å². The van der Waals surface area contributed by atoms with E-state index in [4.69, 9.17) is 21.7 Å². The Bertz CT molecular complexity index is 1350. The monoisotopic (exact) mass is 532 g/mol. The maximum Gasteiger partial charge on any atom is 0.250 e. The van der Waals surface area contributed by atoms with Gasteiger partial charge >= 0.3 is 0 Å². The van der Waals surface area contributed by atoms with Crippen LogP contribution in [0, 0.1) is 0 Å². The molecule has 2 N–H and O–H groups in total. The van der Waals surface area contributed by atoms with Crippen molar-refractivity contribution >= 4 is 66.0 Å². The Labute approximate surface area is 212 Å². The van der Waals surface area contributed by atoms with Crippen LogP contribution < -0.4 is 15.4 Å². The van der Waals surface area contributed by atoms with Crippen LogP contribution in [0.15, 0.2) is 53.4 Å². The van der Waals surface area contributed by atoms with Crippen molar-refractivity contribution in [1.82, 2.24) is 14.6 Å². The van der Waals surface area contributed by atoms with Gasteiger partial charge in [0.15, 0.2) is 10.2 Å². The molecular formula is C23H24N4O5S3. The predicted octanol–water partition coefficient (Wildman–Crippen LogP) is 3.24. The van der Waals surface area contributed by atoms with E-state index in [0.29, 0.717) is 43.6 Å². The fourth-order valence-corrected chi connectivity index (χ4v) is 5.92. The molecule has 1 aromatic heterocycles. The minimum absolute atomic E-state index is 0.121. The van der Waals surface area contributed by atoms with Gasteiger partial charge in [0.25, 0.3) is 0 Å². The van der Waals surface area contributed by atoms with E-state index in [1.54, 1.807) is 18.2 Å². The summed E-state index contributed by atoms with van der Waals surface area (Å²) < 4.78 is 38.5. The minimum Gasteiger partial charge on any atom is -0.494 e. The number of thiocarbonyl (C=S) groups is 1. The van der Waals surface area contributed by atoms with E-state index >= 15 is 0 Å². The number of nitrogens with zero attached hydrogens (tertiary/aromatic N) is 2. The zero-order chi connectivity index (χ0) is 24.8. The number of hydrogen-bond donors (Lipinski definition) is 2. The van der Waals surface area contributed by atoms with Crippen molar-refractivity contribution in [3.8, 4) is 5.75 Å². The highest BCUT2D eigenvalue weighted by Gasteiger charge is 2.25. The molecule has 1 aliphatic heterocycles. The number of morpholine rings is 1. The molecule has 2 aromatic carbocycles. The zero-order valence-electron chi connectivity index (χ0n) is 18.9. The third-order valence-electron chi connectivity index (χ3n) is 5.04. The van der Waals surface area contributed by atoms with Crippen molar-refractivity contribution in [2.75, 3.05) is 38.2 Å².